The molecule has 1 aliphatic rings. The lowest BCUT2D eigenvalue weighted by Crippen LogP contribution is -2.47. The van der Waals surface area contributed by atoms with Crippen LogP contribution in [0.5, 0.6) is 0 Å². The topological polar surface area (TPSA) is 109 Å². The van der Waals surface area contributed by atoms with Crippen LogP contribution >= 0.6 is 11.8 Å². The fourth-order valence-corrected chi connectivity index (χ4v) is 5.29. The number of oxazole rings is 1. The van der Waals surface area contributed by atoms with Crippen LogP contribution in [-0.4, -0.2) is 43.1 Å². The van der Waals surface area contributed by atoms with Crippen molar-refractivity contribution in [1.29, 1.82) is 0 Å². The summed E-state index contributed by atoms with van der Waals surface area (Å²) in [7, 11) is -3.23. The first-order chi connectivity index (χ1) is 9.86. The molecule has 1 aromatic carbocycles. The van der Waals surface area contributed by atoms with Crippen LogP contribution in [0.15, 0.2) is 21.3 Å². The summed E-state index contributed by atoms with van der Waals surface area (Å²) in [6.45, 7) is 0.584. The van der Waals surface area contributed by atoms with Gasteiger partial charge in [0.1, 0.15) is 5.37 Å². The first kappa shape index (κ1) is 14.3. The lowest BCUT2D eigenvalue weighted by molar-refractivity contribution is 0.555. The Bertz CT molecular complexity index is 840. The Morgan fingerprint density at radius 1 is 1.48 bits per heavy atom. The third-order valence-corrected chi connectivity index (χ3v) is 6.10. The number of anilines is 2. The Morgan fingerprint density at radius 3 is 2.95 bits per heavy atom. The Balaban J connectivity index is 2.12. The van der Waals surface area contributed by atoms with E-state index in [9.17, 15) is 13.2 Å². The molecule has 7 nitrogen and oxygen atoms in total. The first-order valence-electron chi connectivity index (χ1n) is 6.32. The summed E-state index contributed by atoms with van der Waals surface area (Å²) in [5, 5.41) is -0.616. The van der Waals surface area contributed by atoms with Gasteiger partial charge < -0.3 is 15.1 Å². The number of rotatable bonds is 2. The highest BCUT2D eigenvalue weighted by Crippen LogP contribution is 2.33. The molecule has 1 fully saturated rings. The summed E-state index contributed by atoms with van der Waals surface area (Å²) in [4.78, 5) is 15.6. The van der Waals surface area contributed by atoms with Gasteiger partial charge in [-0.3, -0.25) is 4.98 Å². The standard InChI is InChI=1S/C12H15N3O4S2/c1-21(17,18)11-6-20-3-2-15(11)9-5-8-10(4-7(9)13)19-12(16)14-8/h4-5,11H,2-3,6,13H2,1H3,(H,14,16). The van der Waals surface area contributed by atoms with Gasteiger partial charge >= 0.3 is 5.76 Å². The van der Waals surface area contributed by atoms with Gasteiger partial charge in [0, 0.05) is 30.4 Å². The Hall–Kier alpha value is -1.61. The molecule has 1 saturated heterocycles. The zero-order valence-corrected chi connectivity index (χ0v) is 13.0. The Kier molecular flexibility index (Phi) is 3.40. The fourth-order valence-electron chi connectivity index (χ4n) is 2.46. The predicted molar refractivity (Wildman–Crippen MR) is 84.5 cm³/mol. The minimum atomic E-state index is -3.23. The third kappa shape index (κ3) is 2.62. The molecule has 0 bridgehead atoms. The maximum absolute atomic E-state index is 12.0. The second-order valence-corrected chi connectivity index (χ2v) is 8.33. The highest BCUT2D eigenvalue weighted by atomic mass is 32.2. The van der Waals surface area contributed by atoms with Crippen molar-refractivity contribution in [3.63, 3.8) is 0 Å². The number of fused-ring (bicyclic) bond motifs is 1. The molecule has 0 radical (unpaired) electrons. The van der Waals surface area contributed by atoms with Crippen LogP contribution in [0.1, 0.15) is 0 Å². The van der Waals surface area contributed by atoms with Crippen molar-refractivity contribution in [2.24, 2.45) is 0 Å². The second kappa shape index (κ2) is 4.99. The summed E-state index contributed by atoms with van der Waals surface area (Å²) >= 11 is 1.60. The molecule has 1 unspecified atom stereocenters. The number of benzene rings is 1. The SMILES string of the molecule is CS(=O)(=O)C1CSCCN1c1cc2[nH]c(=O)oc2cc1N. The molecule has 0 saturated carbocycles. The van der Waals surface area contributed by atoms with Gasteiger partial charge in [0.15, 0.2) is 15.4 Å². The molecule has 114 valence electrons. The average molecular weight is 329 g/mol. The minimum Gasteiger partial charge on any atom is -0.408 e. The summed E-state index contributed by atoms with van der Waals surface area (Å²) in [6.07, 6.45) is 1.23. The van der Waals surface area contributed by atoms with Gasteiger partial charge in [-0.1, -0.05) is 0 Å². The van der Waals surface area contributed by atoms with Crippen LogP contribution in [0.2, 0.25) is 0 Å². The van der Waals surface area contributed by atoms with Gasteiger partial charge in [-0.05, 0) is 6.07 Å². The molecule has 9 heteroatoms. The molecule has 1 atom stereocenters. The van der Waals surface area contributed by atoms with Crippen molar-refractivity contribution < 1.29 is 12.8 Å². The van der Waals surface area contributed by atoms with Crippen molar-refractivity contribution in [3.8, 4) is 0 Å². The van der Waals surface area contributed by atoms with E-state index in [1.165, 1.54) is 6.26 Å². The molecular formula is C12H15N3O4S2. The molecule has 1 aliphatic heterocycles. The number of nitrogens with two attached hydrogens (primary N) is 1. The van der Waals surface area contributed by atoms with Crippen molar-refractivity contribution in [2.75, 3.05) is 34.9 Å². The number of nitrogens with one attached hydrogen (secondary N) is 1. The van der Waals surface area contributed by atoms with Crippen LogP contribution in [0.25, 0.3) is 11.1 Å². The van der Waals surface area contributed by atoms with Crippen LogP contribution in [0, 0.1) is 0 Å². The summed E-state index contributed by atoms with van der Waals surface area (Å²) < 4.78 is 28.9. The van der Waals surface area contributed by atoms with Crippen LogP contribution in [0.3, 0.4) is 0 Å². The second-order valence-electron chi connectivity index (χ2n) is 4.97. The van der Waals surface area contributed by atoms with Crippen molar-refractivity contribution in [2.45, 2.75) is 5.37 Å². The normalized spacial score (nSPS) is 20.0. The predicted octanol–water partition coefficient (Wildman–Crippen LogP) is 0.627. The lowest BCUT2D eigenvalue weighted by atomic mass is 10.2. The molecule has 1 aromatic heterocycles. The number of aromatic amines is 1. The molecule has 0 aliphatic carbocycles. The number of sulfone groups is 1. The number of aromatic nitrogens is 1. The number of hydrogen-bond acceptors (Lipinski definition) is 7. The monoisotopic (exact) mass is 329 g/mol. The summed E-state index contributed by atoms with van der Waals surface area (Å²) in [5.41, 5.74) is 7.89. The van der Waals surface area contributed by atoms with Crippen molar-refractivity contribution in [3.05, 3.63) is 22.7 Å². The Labute approximate surface area is 125 Å². The van der Waals surface area contributed by atoms with E-state index in [0.29, 0.717) is 34.8 Å². The quantitative estimate of drug-likeness (QED) is 0.778. The van der Waals surface area contributed by atoms with E-state index in [-0.39, 0.29) is 0 Å². The number of nitrogen functional groups attached to an aromatic ring is 1. The van der Waals surface area contributed by atoms with Crippen molar-refractivity contribution in [1.82, 2.24) is 4.98 Å². The van der Waals surface area contributed by atoms with Gasteiger partial charge in [0.25, 0.3) is 0 Å². The average Bonchev–Trinajstić information content (AvgIpc) is 2.76. The van der Waals surface area contributed by atoms with Gasteiger partial charge in [0.05, 0.1) is 16.9 Å². The number of hydrogen-bond donors (Lipinski definition) is 2. The highest BCUT2D eigenvalue weighted by Gasteiger charge is 2.32. The van der Waals surface area contributed by atoms with E-state index < -0.39 is 21.0 Å². The Morgan fingerprint density at radius 2 is 2.24 bits per heavy atom. The molecular weight excluding hydrogens is 314 g/mol. The largest absolute Gasteiger partial charge is 0.417 e. The maximum atomic E-state index is 12.0. The lowest BCUT2D eigenvalue weighted by Gasteiger charge is -2.36. The summed E-state index contributed by atoms with van der Waals surface area (Å²) in [5.74, 6) is 0.763. The van der Waals surface area contributed by atoms with E-state index in [4.69, 9.17) is 10.2 Å². The third-order valence-electron chi connectivity index (χ3n) is 3.46. The maximum Gasteiger partial charge on any atom is 0.417 e. The van der Waals surface area contributed by atoms with E-state index in [1.807, 2.05) is 0 Å². The van der Waals surface area contributed by atoms with Crippen LogP contribution in [-0.2, 0) is 9.84 Å². The molecule has 2 heterocycles. The minimum absolute atomic E-state index is 0.364. The van der Waals surface area contributed by atoms with Gasteiger partial charge in [0.2, 0.25) is 0 Å². The fraction of sp³-hybridized carbons (Fsp3) is 0.417. The smallest absolute Gasteiger partial charge is 0.408 e. The van der Waals surface area contributed by atoms with E-state index in [0.717, 1.165) is 5.75 Å². The van der Waals surface area contributed by atoms with E-state index in [2.05, 4.69) is 4.98 Å². The van der Waals surface area contributed by atoms with Crippen LogP contribution < -0.4 is 16.4 Å². The van der Waals surface area contributed by atoms with Crippen LogP contribution in [0.4, 0.5) is 11.4 Å². The molecule has 21 heavy (non-hydrogen) atoms. The zero-order valence-electron chi connectivity index (χ0n) is 11.3. The van der Waals surface area contributed by atoms with Gasteiger partial charge in [-0.15, -0.1) is 0 Å². The number of H-pyrrole nitrogens is 1. The molecule has 3 rings (SSSR count). The molecule has 2 aromatic rings. The first-order valence-corrected chi connectivity index (χ1v) is 9.43. The van der Waals surface area contributed by atoms with E-state index >= 15 is 0 Å². The van der Waals surface area contributed by atoms with Gasteiger partial charge in [-0.25, -0.2) is 13.2 Å². The zero-order chi connectivity index (χ0) is 15.2. The molecule has 0 amide bonds. The highest BCUT2D eigenvalue weighted by molar-refractivity contribution is 8.01. The summed E-state index contributed by atoms with van der Waals surface area (Å²) in [6, 6.07) is 3.22. The van der Waals surface area contributed by atoms with Gasteiger partial charge in [-0.2, -0.15) is 11.8 Å². The van der Waals surface area contributed by atoms with E-state index in [1.54, 1.807) is 28.8 Å². The number of thioether (sulfide) groups is 1. The molecule has 0 spiro atoms. The number of nitrogens with zero attached hydrogens (tertiary/aromatic N) is 1. The molecule has 3 N–H and O–H groups in total. The van der Waals surface area contributed by atoms with Crippen molar-refractivity contribution >= 4 is 44.1 Å².